The van der Waals surface area contributed by atoms with E-state index < -0.39 is 0 Å². The predicted molar refractivity (Wildman–Crippen MR) is 103 cm³/mol. The molecular formula is C20H19ClN4O3. The van der Waals surface area contributed by atoms with Crippen LogP contribution < -0.4 is 4.74 Å². The summed E-state index contributed by atoms with van der Waals surface area (Å²) in [5.74, 6) is 1.92. The molecule has 0 saturated carbocycles. The first-order valence-electron chi connectivity index (χ1n) is 9.03. The summed E-state index contributed by atoms with van der Waals surface area (Å²) in [5, 5.41) is 4.53. The fourth-order valence-corrected chi connectivity index (χ4v) is 3.47. The fraction of sp³-hybridized carbons (Fsp3) is 0.300. The molecule has 28 heavy (non-hydrogen) atoms. The Labute approximate surface area is 167 Å². The van der Waals surface area contributed by atoms with Crippen molar-refractivity contribution in [3.63, 3.8) is 0 Å². The third-order valence-electron chi connectivity index (χ3n) is 4.90. The molecule has 1 amide bonds. The van der Waals surface area contributed by atoms with E-state index in [4.69, 9.17) is 20.9 Å². The van der Waals surface area contributed by atoms with Crippen molar-refractivity contribution >= 4 is 17.5 Å². The van der Waals surface area contributed by atoms with E-state index in [0.29, 0.717) is 41.3 Å². The number of amides is 1. The highest BCUT2D eigenvalue weighted by atomic mass is 35.5. The molecule has 8 heteroatoms. The number of likely N-dealkylation sites (tertiary alicyclic amines) is 1. The van der Waals surface area contributed by atoms with E-state index in [-0.39, 0.29) is 11.8 Å². The Hall–Kier alpha value is -2.93. The van der Waals surface area contributed by atoms with Crippen LogP contribution in [-0.2, 0) is 0 Å². The quantitative estimate of drug-likeness (QED) is 0.621. The number of carbonyl (C=O) groups is 1. The summed E-state index contributed by atoms with van der Waals surface area (Å²) in [6.07, 6.45) is 3.06. The average Bonchev–Trinajstić information content (AvgIpc) is 3.24. The molecule has 1 aromatic carbocycles. The summed E-state index contributed by atoms with van der Waals surface area (Å²) < 4.78 is 10.8. The highest BCUT2D eigenvalue weighted by Gasteiger charge is 2.28. The van der Waals surface area contributed by atoms with Crippen LogP contribution in [0.25, 0.3) is 11.5 Å². The first kappa shape index (κ1) is 18.4. The molecule has 1 fully saturated rings. The van der Waals surface area contributed by atoms with Crippen molar-refractivity contribution in [2.24, 2.45) is 0 Å². The van der Waals surface area contributed by atoms with Crippen LogP contribution in [0.5, 0.6) is 5.75 Å². The standard InChI is InChI=1S/C20H19ClN4O3/c1-27-16-5-3-2-4-15(16)19-23-18(24-28-19)13-8-10-25(11-9-13)20(26)14-6-7-17(21)22-12-14/h2-7,12-13H,8-11H2,1H3. The number of nitrogens with zero attached hydrogens (tertiary/aromatic N) is 4. The molecule has 1 saturated heterocycles. The van der Waals surface area contributed by atoms with E-state index in [1.165, 1.54) is 6.20 Å². The van der Waals surface area contributed by atoms with Gasteiger partial charge in [-0.15, -0.1) is 0 Å². The maximum absolute atomic E-state index is 12.6. The van der Waals surface area contributed by atoms with E-state index in [9.17, 15) is 4.79 Å². The van der Waals surface area contributed by atoms with E-state index in [2.05, 4.69) is 15.1 Å². The number of carbonyl (C=O) groups excluding carboxylic acids is 1. The number of hydrogen-bond donors (Lipinski definition) is 0. The predicted octanol–water partition coefficient (Wildman–Crippen LogP) is 3.81. The fourth-order valence-electron chi connectivity index (χ4n) is 3.36. The van der Waals surface area contributed by atoms with E-state index in [1.807, 2.05) is 29.2 Å². The van der Waals surface area contributed by atoms with Crippen LogP contribution in [-0.4, -0.2) is 46.1 Å². The second-order valence-corrected chi connectivity index (χ2v) is 6.98. The first-order valence-corrected chi connectivity index (χ1v) is 9.41. The molecule has 2 aromatic heterocycles. The van der Waals surface area contributed by atoms with Crippen LogP contribution >= 0.6 is 11.6 Å². The summed E-state index contributed by atoms with van der Waals surface area (Å²) in [6, 6.07) is 10.9. The summed E-state index contributed by atoms with van der Waals surface area (Å²) >= 11 is 5.79. The van der Waals surface area contributed by atoms with Crippen LogP contribution in [0.15, 0.2) is 47.1 Å². The lowest BCUT2D eigenvalue weighted by molar-refractivity contribution is 0.0710. The summed E-state index contributed by atoms with van der Waals surface area (Å²) in [7, 11) is 1.61. The zero-order valence-corrected chi connectivity index (χ0v) is 16.1. The zero-order chi connectivity index (χ0) is 19.5. The lowest BCUT2D eigenvalue weighted by Gasteiger charge is -2.30. The number of methoxy groups -OCH3 is 1. The second-order valence-electron chi connectivity index (χ2n) is 6.59. The zero-order valence-electron chi connectivity index (χ0n) is 15.3. The van der Waals surface area contributed by atoms with Crippen LogP contribution in [0.1, 0.15) is 34.9 Å². The van der Waals surface area contributed by atoms with Crippen LogP contribution in [0.4, 0.5) is 0 Å². The number of benzene rings is 1. The van der Waals surface area contributed by atoms with Gasteiger partial charge >= 0.3 is 0 Å². The molecule has 0 aliphatic carbocycles. The van der Waals surface area contributed by atoms with Gasteiger partial charge in [-0.25, -0.2) is 4.98 Å². The van der Waals surface area contributed by atoms with Crippen LogP contribution in [0.2, 0.25) is 5.15 Å². The number of ether oxygens (including phenoxy) is 1. The highest BCUT2D eigenvalue weighted by Crippen LogP contribution is 2.32. The number of para-hydroxylation sites is 1. The first-order chi connectivity index (χ1) is 13.7. The maximum atomic E-state index is 12.6. The third kappa shape index (κ3) is 3.71. The van der Waals surface area contributed by atoms with Gasteiger partial charge in [-0.2, -0.15) is 4.98 Å². The number of rotatable bonds is 4. The number of halogens is 1. The molecule has 4 rings (SSSR count). The lowest BCUT2D eigenvalue weighted by Crippen LogP contribution is -2.38. The molecule has 144 valence electrons. The van der Waals surface area contributed by atoms with Gasteiger partial charge in [-0.05, 0) is 37.1 Å². The summed E-state index contributed by atoms with van der Waals surface area (Å²) in [4.78, 5) is 23.0. The Kier molecular flexibility index (Phi) is 5.25. The number of hydrogen-bond acceptors (Lipinski definition) is 6. The molecule has 3 heterocycles. The van der Waals surface area contributed by atoms with Crippen molar-refractivity contribution in [1.29, 1.82) is 0 Å². The molecule has 0 N–H and O–H groups in total. The number of pyridine rings is 1. The maximum Gasteiger partial charge on any atom is 0.261 e. The third-order valence-corrected chi connectivity index (χ3v) is 5.12. The monoisotopic (exact) mass is 398 g/mol. The van der Waals surface area contributed by atoms with E-state index in [1.54, 1.807) is 19.2 Å². The van der Waals surface area contributed by atoms with Crippen molar-refractivity contribution in [3.8, 4) is 17.2 Å². The van der Waals surface area contributed by atoms with E-state index in [0.717, 1.165) is 18.4 Å². The Morgan fingerprint density at radius 2 is 2.00 bits per heavy atom. The average molecular weight is 399 g/mol. The number of piperidine rings is 1. The minimum atomic E-state index is -0.0366. The Morgan fingerprint density at radius 3 is 2.71 bits per heavy atom. The van der Waals surface area contributed by atoms with Gasteiger partial charge in [0.1, 0.15) is 10.9 Å². The van der Waals surface area contributed by atoms with Crippen molar-refractivity contribution in [2.45, 2.75) is 18.8 Å². The van der Waals surface area contributed by atoms with Crippen LogP contribution in [0, 0.1) is 0 Å². The van der Waals surface area contributed by atoms with Crippen molar-refractivity contribution in [2.75, 3.05) is 20.2 Å². The summed E-state index contributed by atoms with van der Waals surface area (Å²) in [5.41, 5.74) is 1.31. The van der Waals surface area contributed by atoms with Crippen molar-refractivity contribution < 1.29 is 14.1 Å². The molecule has 0 bridgehead atoms. The van der Waals surface area contributed by atoms with E-state index >= 15 is 0 Å². The van der Waals surface area contributed by atoms with Gasteiger partial charge in [0.25, 0.3) is 11.8 Å². The molecule has 0 atom stereocenters. The SMILES string of the molecule is COc1ccccc1-c1nc(C2CCN(C(=O)c3ccc(Cl)nc3)CC2)no1. The van der Waals surface area contributed by atoms with Crippen molar-refractivity contribution in [3.05, 3.63) is 59.1 Å². The van der Waals surface area contributed by atoms with Gasteiger partial charge < -0.3 is 14.2 Å². The van der Waals surface area contributed by atoms with Gasteiger partial charge in [0.15, 0.2) is 5.82 Å². The second kappa shape index (κ2) is 7.98. The highest BCUT2D eigenvalue weighted by molar-refractivity contribution is 6.29. The van der Waals surface area contributed by atoms with Gasteiger partial charge in [0.05, 0.1) is 18.2 Å². The van der Waals surface area contributed by atoms with Gasteiger partial charge in [0.2, 0.25) is 0 Å². The minimum Gasteiger partial charge on any atom is -0.496 e. The normalized spacial score (nSPS) is 14.9. The molecule has 0 radical (unpaired) electrons. The topological polar surface area (TPSA) is 81.4 Å². The van der Waals surface area contributed by atoms with Gasteiger partial charge in [-0.1, -0.05) is 28.9 Å². The van der Waals surface area contributed by atoms with Gasteiger partial charge in [0, 0.05) is 25.2 Å². The Morgan fingerprint density at radius 1 is 1.21 bits per heavy atom. The Bertz CT molecular complexity index is 966. The summed E-state index contributed by atoms with van der Waals surface area (Å²) in [6.45, 7) is 1.26. The number of aromatic nitrogens is 3. The smallest absolute Gasteiger partial charge is 0.261 e. The molecule has 0 unspecified atom stereocenters. The van der Waals surface area contributed by atoms with Gasteiger partial charge in [-0.3, -0.25) is 4.79 Å². The van der Waals surface area contributed by atoms with Crippen molar-refractivity contribution in [1.82, 2.24) is 20.0 Å². The molecule has 3 aromatic rings. The lowest BCUT2D eigenvalue weighted by atomic mass is 9.95. The molecule has 1 aliphatic rings. The largest absolute Gasteiger partial charge is 0.496 e. The van der Waals surface area contributed by atoms with Crippen LogP contribution in [0.3, 0.4) is 0 Å². The Balaban J connectivity index is 1.42. The molecule has 0 spiro atoms. The molecule has 7 nitrogen and oxygen atoms in total. The molecular weight excluding hydrogens is 380 g/mol. The molecule has 1 aliphatic heterocycles. The minimum absolute atomic E-state index is 0.0366.